The number of amides is 2. The monoisotopic (exact) mass is 557 g/mol. The Labute approximate surface area is 214 Å². The van der Waals surface area contributed by atoms with Crippen molar-refractivity contribution >= 4 is 43.5 Å². The maximum atomic E-state index is 13.7. The zero-order valence-corrected chi connectivity index (χ0v) is 22.0. The Morgan fingerprint density at radius 1 is 0.914 bits per heavy atom. The second-order valence-electron chi connectivity index (χ2n) is 8.08. The molecule has 0 unspecified atom stereocenters. The van der Waals surface area contributed by atoms with Crippen LogP contribution in [-0.4, -0.2) is 51.0 Å². The van der Waals surface area contributed by atoms with Gasteiger partial charge in [-0.15, -0.1) is 0 Å². The molecule has 0 saturated heterocycles. The van der Waals surface area contributed by atoms with E-state index in [-0.39, 0.29) is 18.9 Å². The highest BCUT2D eigenvalue weighted by atomic mass is 79.9. The summed E-state index contributed by atoms with van der Waals surface area (Å²) < 4.78 is 27.1. The van der Waals surface area contributed by atoms with Crippen LogP contribution in [0.25, 0.3) is 0 Å². The summed E-state index contributed by atoms with van der Waals surface area (Å²) in [7, 11) is -2.24. The minimum atomic E-state index is -3.76. The van der Waals surface area contributed by atoms with Crippen molar-refractivity contribution in [3.63, 3.8) is 0 Å². The fourth-order valence-corrected chi connectivity index (χ4v) is 5.06. The molecule has 0 radical (unpaired) electrons. The number of halogens is 1. The Morgan fingerprint density at radius 3 is 2.09 bits per heavy atom. The number of para-hydroxylation sites is 1. The van der Waals surface area contributed by atoms with Gasteiger partial charge in [-0.1, -0.05) is 76.6 Å². The molecule has 0 heterocycles. The zero-order valence-electron chi connectivity index (χ0n) is 19.6. The van der Waals surface area contributed by atoms with Gasteiger partial charge in [-0.25, -0.2) is 8.42 Å². The molecule has 9 heteroatoms. The average Bonchev–Trinajstić information content (AvgIpc) is 2.84. The van der Waals surface area contributed by atoms with Crippen LogP contribution in [0.4, 0.5) is 5.69 Å². The third-order valence-corrected chi connectivity index (χ3v) is 7.12. The number of anilines is 1. The Morgan fingerprint density at radius 2 is 1.51 bits per heavy atom. The van der Waals surface area contributed by atoms with Gasteiger partial charge in [0.05, 0.1) is 11.9 Å². The molecular weight excluding hydrogens is 530 g/mol. The highest BCUT2D eigenvalue weighted by molar-refractivity contribution is 9.10. The maximum absolute atomic E-state index is 13.7. The highest BCUT2D eigenvalue weighted by Crippen LogP contribution is 2.21. The molecule has 1 N–H and O–H groups in total. The number of carbonyl (C=O) groups is 2. The van der Waals surface area contributed by atoms with Gasteiger partial charge >= 0.3 is 0 Å². The van der Waals surface area contributed by atoms with Crippen LogP contribution in [0.3, 0.4) is 0 Å². The van der Waals surface area contributed by atoms with Crippen LogP contribution >= 0.6 is 15.9 Å². The van der Waals surface area contributed by atoms with Crippen molar-refractivity contribution in [2.75, 3.05) is 24.2 Å². The van der Waals surface area contributed by atoms with Crippen molar-refractivity contribution in [2.24, 2.45) is 0 Å². The Balaban J connectivity index is 2.01. The highest BCUT2D eigenvalue weighted by Gasteiger charge is 2.32. The first-order valence-corrected chi connectivity index (χ1v) is 13.7. The van der Waals surface area contributed by atoms with Crippen LogP contribution in [0.2, 0.25) is 0 Å². The lowest BCUT2D eigenvalue weighted by Gasteiger charge is -2.33. The van der Waals surface area contributed by atoms with Gasteiger partial charge in [-0.2, -0.15) is 0 Å². The predicted molar refractivity (Wildman–Crippen MR) is 141 cm³/mol. The largest absolute Gasteiger partial charge is 0.357 e. The molecule has 1 atom stereocenters. The summed E-state index contributed by atoms with van der Waals surface area (Å²) in [6.45, 7) is -0.297. The first kappa shape index (κ1) is 26.4. The van der Waals surface area contributed by atoms with Crippen molar-refractivity contribution in [1.29, 1.82) is 0 Å². The zero-order chi connectivity index (χ0) is 25.4. The molecule has 0 aliphatic rings. The molecule has 0 aromatic heterocycles. The Hall–Kier alpha value is -3.17. The van der Waals surface area contributed by atoms with E-state index in [1.165, 1.54) is 11.9 Å². The van der Waals surface area contributed by atoms with E-state index in [0.29, 0.717) is 5.69 Å². The van der Waals surface area contributed by atoms with Crippen LogP contribution in [-0.2, 0) is 32.6 Å². The molecule has 2 amide bonds. The lowest BCUT2D eigenvalue weighted by molar-refractivity contribution is -0.139. The number of carbonyl (C=O) groups excluding carboxylic acids is 2. The van der Waals surface area contributed by atoms with Crippen LogP contribution in [0, 0.1) is 0 Å². The number of sulfonamides is 1. The van der Waals surface area contributed by atoms with Gasteiger partial charge in [-0.05, 0) is 35.4 Å². The third kappa shape index (κ3) is 7.40. The molecule has 0 fully saturated rings. The summed E-state index contributed by atoms with van der Waals surface area (Å²) >= 11 is 3.45. The third-order valence-electron chi connectivity index (χ3n) is 5.48. The predicted octanol–water partition coefficient (Wildman–Crippen LogP) is 3.60. The number of nitrogens with one attached hydrogen (secondary N) is 1. The summed E-state index contributed by atoms with van der Waals surface area (Å²) in [4.78, 5) is 28.2. The molecular formula is C26H28BrN3O4S. The first-order valence-electron chi connectivity index (χ1n) is 11.0. The van der Waals surface area contributed by atoms with Crippen molar-refractivity contribution in [3.05, 3.63) is 101 Å². The lowest BCUT2D eigenvalue weighted by atomic mass is 10.0. The summed E-state index contributed by atoms with van der Waals surface area (Å²) in [6, 6.07) is 24.5. The fourth-order valence-electron chi connectivity index (χ4n) is 3.76. The van der Waals surface area contributed by atoms with Crippen molar-refractivity contribution in [1.82, 2.24) is 10.2 Å². The minimum Gasteiger partial charge on any atom is -0.357 e. The van der Waals surface area contributed by atoms with Gasteiger partial charge in [0.1, 0.15) is 12.6 Å². The van der Waals surface area contributed by atoms with E-state index in [1.807, 2.05) is 54.6 Å². The molecule has 3 aromatic rings. The number of hydrogen-bond acceptors (Lipinski definition) is 4. The Bertz CT molecular complexity index is 1250. The summed E-state index contributed by atoms with van der Waals surface area (Å²) in [5.74, 6) is -0.813. The summed E-state index contributed by atoms with van der Waals surface area (Å²) in [5, 5.41) is 2.66. The van der Waals surface area contributed by atoms with E-state index < -0.39 is 28.5 Å². The van der Waals surface area contributed by atoms with Gasteiger partial charge in [0, 0.05) is 24.5 Å². The number of benzene rings is 3. The van der Waals surface area contributed by atoms with Gasteiger partial charge < -0.3 is 10.2 Å². The van der Waals surface area contributed by atoms with Crippen LogP contribution in [0.15, 0.2) is 89.4 Å². The SMILES string of the molecule is CNC(=O)[C@H](Cc1ccccc1)N(Cc1cccc(Br)c1)C(=O)CN(c1ccccc1)S(C)(=O)=O. The maximum Gasteiger partial charge on any atom is 0.244 e. The fraction of sp³-hybridized carbons (Fsp3) is 0.231. The molecule has 184 valence electrons. The number of rotatable bonds is 10. The Kier molecular flexibility index (Phi) is 9.06. The van der Waals surface area contributed by atoms with E-state index in [2.05, 4.69) is 21.2 Å². The smallest absolute Gasteiger partial charge is 0.244 e. The standard InChI is InChI=1S/C26H28BrN3O4S/c1-28-26(32)24(17-20-10-5-3-6-11-20)29(18-21-12-9-13-22(27)16-21)25(31)19-30(35(2,33)34)23-14-7-4-8-15-23/h3-16,24H,17-19H2,1-2H3,(H,28,32)/t24-/m0/s1. The molecule has 3 aromatic carbocycles. The average molecular weight is 558 g/mol. The number of hydrogen-bond donors (Lipinski definition) is 1. The molecule has 0 saturated carbocycles. The summed E-state index contributed by atoms with van der Waals surface area (Å²) in [6.07, 6.45) is 1.34. The molecule has 0 bridgehead atoms. The quantitative estimate of drug-likeness (QED) is 0.412. The topological polar surface area (TPSA) is 86.8 Å². The van der Waals surface area contributed by atoms with Gasteiger partial charge in [-0.3, -0.25) is 13.9 Å². The summed E-state index contributed by atoms with van der Waals surface area (Å²) in [5.41, 5.74) is 2.07. The van der Waals surface area contributed by atoms with Gasteiger partial charge in [0.2, 0.25) is 21.8 Å². The van der Waals surface area contributed by atoms with Crippen molar-refractivity contribution < 1.29 is 18.0 Å². The first-order chi connectivity index (χ1) is 16.7. The van der Waals surface area contributed by atoms with E-state index in [9.17, 15) is 18.0 Å². The van der Waals surface area contributed by atoms with Gasteiger partial charge in [0.15, 0.2) is 0 Å². The molecule has 0 aliphatic heterocycles. The number of likely N-dealkylation sites (N-methyl/N-ethyl adjacent to an activating group) is 1. The van der Waals surface area contributed by atoms with E-state index in [4.69, 9.17) is 0 Å². The lowest BCUT2D eigenvalue weighted by Crippen LogP contribution is -2.52. The normalized spacial score (nSPS) is 12.0. The van der Waals surface area contributed by atoms with Crippen molar-refractivity contribution in [3.8, 4) is 0 Å². The van der Waals surface area contributed by atoms with Gasteiger partial charge in [0.25, 0.3) is 0 Å². The molecule has 7 nitrogen and oxygen atoms in total. The second kappa shape index (κ2) is 12.0. The second-order valence-corrected chi connectivity index (χ2v) is 10.9. The molecule has 0 spiro atoms. The van der Waals surface area contributed by atoms with E-state index in [0.717, 1.165) is 26.2 Å². The molecule has 35 heavy (non-hydrogen) atoms. The number of nitrogens with zero attached hydrogens (tertiary/aromatic N) is 2. The van der Waals surface area contributed by atoms with Crippen LogP contribution < -0.4 is 9.62 Å². The molecule has 0 aliphatic carbocycles. The molecule has 3 rings (SSSR count). The van der Waals surface area contributed by atoms with E-state index in [1.54, 1.807) is 30.3 Å². The van der Waals surface area contributed by atoms with E-state index >= 15 is 0 Å². The van der Waals surface area contributed by atoms with Crippen LogP contribution in [0.5, 0.6) is 0 Å². The van der Waals surface area contributed by atoms with Crippen LogP contribution in [0.1, 0.15) is 11.1 Å². The minimum absolute atomic E-state index is 0.135. The van der Waals surface area contributed by atoms with Crippen molar-refractivity contribution in [2.45, 2.75) is 19.0 Å².